The zero-order chi connectivity index (χ0) is 13.0. The summed E-state index contributed by atoms with van der Waals surface area (Å²) in [5.41, 5.74) is 1.31. The summed E-state index contributed by atoms with van der Waals surface area (Å²) in [6, 6.07) is 8.36. The molecular formula is C16H25NO. The monoisotopic (exact) mass is 247 g/mol. The van der Waals surface area contributed by atoms with Gasteiger partial charge in [0, 0.05) is 18.7 Å². The summed E-state index contributed by atoms with van der Waals surface area (Å²) in [6.45, 7) is 8.18. The molecule has 1 aromatic carbocycles. The van der Waals surface area contributed by atoms with E-state index in [-0.39, 0.29) is 0 Å². The lowest BCUT2D eigenvalue weighted by Gasteiger charge is -2.20. The van der Waals surface area contributed by atoms with Crippen LogP contribution in [0.3, 0.4) is 0 Å². The first kappa shape index (κ1) is 13.4. The van der Waals surface area contributed by atoms with Crippen LogP contribution in [0.25, 0.3) is 0 Å². The molecule has 2 atom stereocenters. The lowest BCUT2D eigenvalue weighted by molar-refractivity contribution is 0.282. The minimum absolute atomic E-state index is 0.854. The molecule has 1 heterocycles. The third-order valence-electron chi connectivity index (χ3n) is 4.34. The topological polar surface area (TPSA) is 12.5 Å². The van der Waals surface area contributed by atoms with Crippen LogP contribution in [0.5, 0.6) is 5.75 Å². The van der Waals surface area contributed by atoms with E-state index in [2.05, 4.69) is 36.9 Å². The Morgan fingerprint density at radius 3 is 2.89 bits per heavy atom. The summed E-state index contributed by atoms with van der Waals surface area (Å²) in [7, 11) is 1.75. The van der Waals surface area contributed by atoms with E-state index in [9.17, 15) is 0 Å². The molecule has 0 aromatic heterocycles. The average molecular weight is 247 g/mol. The van der Waals surface area contributed by atoms with Crippen molar-refractivity contribution in [3.63, 3.8) is 0 Å². The van der Waals surface area contributed by atoms with Gasteiger partial charge in [0.05, 0.1) is 7.11 Å². The van der Waals surface area contributed by atoms with Crippen LogP contribution >= 0.6 is 0 Å². The van der Waals surface area contributed by atoms with E-state index in [4.69, 9.17) is 4.74 Å². The molecule has 0 radical (unpaired) electrons. The van der Waals surface area contributed by atoms with E-state index in [1.165, 1.54) is 31.5 Å². The van der Waals surface area contributed by atoms with Gasteiger partial charge in [0.2, 0.25) is 0 Å². The number of rotatable bonds is 5. The van der Waals surface area contributed by atoms with Gasteiger partial charge in [-0.25, -0.2) is 0 Å². The van der Waals surface area contributed by atoms with Gasteiger partial charge in [-0.1, -0.05) is 38.5 Å². The van der Waals surface area contributed by atoms with Crippen molar-refractivity contribution < 1.29 is 4.74 Å². The zero-order valence-corrected chi connectivity index (χ0v) is 11.9. The lowest BCUT2D eigenvalue weighted by Crippen LogP contribution is -2.22. The van der Waals surface area contributed by atoms with Gasteiger partial charge in [0.15, 0.2) is 0 Å². The molecule has 1 aromatic rings. The SMILES string of the molecule is CCC(C)C1CCN(Cc2ccccc2OC)C1. The third kappa shape index (κ3) is 3.05. The Morgan fingerprint density at radius 1 is 1.39 bits per heavy atom. The largest absolute Gasteiger partial charge is 0.496 e. The number of hydrogen-bond donors (Lipinski definition) is 0. The number of para-hydroxylation sites is 1. The molecule has 0 bridgehead atoms. The lowest BCUT2D eigenvalue weighted by atomic mass is 9.91. The van der Waals surface area contributed by atoms with Crippen molar-refractivity contribution in [1.82, 2.24) is 4.90 Å². The molecule has 2 unspecified atom stereocenters. The van der Waals surface area contributed by atoms with Crippen molar-refractivity contribution in [1.29, 1.82) is 0 Å². The smallest absolute Gasteiger partial charge is 0.123 e. The number of hydrogen-bond acceptors (Lipinski definition) is 2. The summed E-state index contributed by atoms with van der Waals surface area (Å²) in [4.78, 5) is 2.56. The quantitative estimate of drug-likeness (QED) is 0.789. The van der Waals surface area contributed by atoms with Crippen molar-refractivity contribution in [2.24, 2.45) is 11.8 Å². The minimum Gasteiger partial charge on any atom is -0.496 e. The molecule has 0 N–H and O–H groups in total. The molecule has 1 fully saturated rings. The second-order valence-corrected chi connectivity index (χ2v) is 5.48. The molecule has 0 amide bonds. The maximum atomic E-state index is 5.42. The highest BCUT2D eigenvalue weighted by Crippen LogP contribution is 2.28. The van der Waals surface area contributed by atoms with E-state index in [1.807, 2.05) is 6.07 Å². The van der Waals surface area contributed by atoms with E-state index in [1.54, 1.807) is 7.11 Å². The Bertz CT molecular complexity index is 377. The van der Waals surface area contributed by atoms with Crippen LogP contribution in [0.2, 0.25) is 0 Å². The van der Waals surface area contributed by atoms with Crippen molar-refractivity contribution >= 4 is 0 Å². The Morgan fingerprint density at radius 2 is 2.17 bits per heavy atom. The van der Waals surface area contributed by atoms with E-state index in [0.29, 0.717) is 0 Å². The van der Waals surface area contributed by atoms with E-state index < -0.39 is 0 Å². The second-order valence-electron chi connectivity index (χ2n) is 5.48. The number of benzene rings is 1. The summed E-state index contributed by atoms with van der Waals surface area (Å²) in [5, 5.41) is 0. The molecule has 18 heavy (non-hydrogen) atoms. The van der Waals surface area contributed by atoms with Crippen LogP contribution in [-0.2, 0) is 6.54 Å². The number of nitrogens with zero attached hydrogens (tertiary/aromatic N) is 1. The molecule has 2 heteroatoms. The van der Waals surface area contributed by atoms with Crippen LogP contribution in [0.1, 0.15) is 32.3 Å². The van der Waals surface area contributed by atoms with Crippen molar-refractivity contribution in [2.45, 2.75) is 33.2 Å². The first-order valence-electron chi connectivity index (χ1n) is 7.08. The van der Waals surface area contributed by atoms with Crippen LogP contribution in [0.15, 0.2) is 24.3 Å². The fraction of sp³-hybridized carbons (Fsp3) is 0.625. The fourth-order valence-electron chi connectivity index (χ4n) is 2.88. The average Bonchev–Trinajstić information content (AvgIpc) is 2.87. The van der Waals surface area contributed by atoms with E-state index in [0.717, 1.165) is 24.1 Å². The predicted octanol–water partition coefficient (Wildman–Crippen LogP) is 3.56. The highest BCUT2D eigenvalue weighted by Gasteiger charge is 2.26. The minimum atomic E-state index is 0.854. The molecule has 0 aliphatic carbocycles. The summed E-state index contributed by atoms with van der Waals surface area (Å²) < 4.78 is 5.42. The Hall–Kier alpha value is -1.02. The number of ether oxygens (including phenoxy) is 1. The molecule has 0 saturated carbocycles. The first-order chi connectivity index (χ1) is 8.74. The summed E-state index contributed by atoms with van der Waals surface area (Å²) >= 11 is 0. The van der Waals surface area contributed by atoms with Crippen LogP contribution in [0, 0.1) is 11.8 Å². The molecule has 100 valence electrons. The van der Waals surface area contributed by atoms with Gasteiger partial charge in [-0.3, -0.25) is 4.90 Å². The molecule has 2 rings (SSSR count). The highest BCUT2D eigenvalue weighted by atomic mass is 16.5. The van der Waals surface area contributed by atoms with Gasteiger partial charge in [-0.2, -0.15) is 0 Å². The molecular weight excluding hydrogens is 222 g/mol. The zero-order valence-electron chi connectivity index (χ0n) is 11.9. The molecule has 0 spiro atoms. The van der Waals surface area contributed by atoms with Gasteiger partial charge in [0.1, 0.15) is 5.75 Å². The highest BCUT2D eigenvalue weighted by molar-refractivity contribution is 5.33. The fourth-order valence-corrected chi connectivity index (χ4v) is 2.88. The second kappa shape index (κ2) is 6.24. The number of likely N-dealkylation sites (tertiary alicyclic amines) is 1. The first-order valence-corrected chi connectivity index (χ1v) is 7.08. The summed E-state index contributed by atoms with van der Waals surface area (Å²) in [5.74, 6) is 2.75. The van der Waals surface area contributed by atoms with Crippen LogP contribution in [0.4, 0.5) is 0 Å². The van der Waals surface area contributed by atoms with Gasteiger partial charge in [0.25, 0.3) is 0 Å². The maximum Gasteiger partial charge on any atom is 0.123 e. The molecule has 2 nitrogen and oxygen atoms in total. The Kier molecular flexibility index (Phi) is 4.65. The van der Waals surface area contributed by atoms with Crippen LogP contribution < -0.4 is 4.74 Å². The molecule has 1 aliphatic heterocycles. The van der Waals surface area contributed by atoms with Gasteiger partial charge in [-0.05, 0) is 30.9 Å². The maximum absolute atomic E-state index is 5.42. The van der Waals surface area contributed by atoms with Crippen LogP contribution in [-0.4, -0.2) is 25.1 Å². The predicted molar refractivity (Wildman–Crippen MR) is 75.8 cm³/mol. The molecule has 1 saturated heterocycles. The van der Waals surface area contributed by atoms with Gasteiger partial charge in [-0.15, -0.1) is 0 Å². The molecule has 1 aliphatic rings. The van der Waals surface area contributed by atoms with E-state index >= 15 is 0 Å². The summed E-state index contributed by atoms with van der Waals surface area (Å²) in [6.07, 6.45) is 2.65. The standard InChI is InChI=1S/C16H25NO/c1-4-13(2)14-9-10-17(11-14)12-15-7-5-6-8-16(15)18-3/h5-8,13-14H,4,9-12H2,1-3H3. The Balaban J connectivity index is 1.95. The van der Waals surface area contributed by atoms with Gasteiger partial charge >= 0.3 is 0 Å². The normalized spacial score (nSPS) is 22.1. The third-order valence-corrected chi connectivity index (χ3v) is 4.34. The van der Waals surface area contributed by atoms with Crippen molar-refractivity contribution in [2.75, 3.05) is 20.2 Å². The van der Waals surface area contributed by atoms with Crippen molar-refractivity contribution in [3.8, 4) is 5.75 Å². The Labute approximate surface area is 111 Å². The van der Waals surface area contributed by atoms with Crippen molar-refractivity contribution in [3.05, 3.63) is 29.8 Å². The van der Waals surface area contributed by atoms with Gasteiger partial charge < -0.3 is 4.74 Å². The number of methoxy groups -OCH3 is 1.